The first-order chi connectivity index (χ1) is 12.2. The number of rotatable bonds is 3. The fourth-order valence-electron chi connectivity index (χ4n) is 3.36. The molecule has 5 nitrogen and oxygen atoms in total. The van der Waals surface area contributed by atoms with Gasteiger partial charge in [0.15, 0.2) is 0 Å². The molecule has 128 valence electrons. The predicted octanol–water partition coefficient (Wildman–Crippen LogP) is 3.85. The quantitative estimate of drug-likeness (QED) is 0.778. The van der Waals surface area contributed by atoms with Crippen LogP contribution in [0.25, 0.3) is 10.2 Å². The molecule has 0 bridgehead atoms. The summed E-state index contributed by atoms with van der Waals surface area (Å²) >= 11 is 1.71. The number of aromatic nitrogens is 2. The molecule has 0 spiro atoms. The van der Waals surface area contributed by atoms with E-state index in [1.54, 1.807) is 11.3 Å². The van der Waals surface area contributed by atoms with Crippen molar-refractivity contribution in [2.45, 2.75) is 19.8 Å². The summed E-state index contributed by atoms with van der Waals surface area (Å²) in [4.78, 5) is 23.8. The van der Waals surface area contributed by atoms with Crippen molar-refractivity contribution in [1.82, 2.24) is 9.97 Å². The number of thiophene rings is 1. The zero-order valence-electron chi connectivity index (χ0n) is 14.1. The molecule has 1 unspecified atom stereocenters. The maximum atomic E-state index is 12.7. The third-order valence-corrected chi connectivity index (χ3v) is 5.52. The topological polar surface area (TPSA) is 58.1 Å². The minimum absolute atomic E-state index is 0.0285. The van der Waals surface area contributed by atoms with Gasteiger partial charge in [0, 0.05) is 25.0 Å². The maximum Gasteiger partial charge on any atom is 0.230 e. The summed E-state index contributed by atoms with van der Waals surface area (Å²) in [6.07, 6.45) is 3.77. The first kappa shape index (κ1) is 16.0. The molecule has 1 atom stereocenters. The monoisotopic (exact) mass is 352 g/mol. The summed E-state index contributed by atoms with van der Waals surface area (Å²) in [6, 6.07) is 9.77. The van der Waals surface area contributed by atoms with Gasteiger partial charge in [0.2, 0.25) is 5.91 Å². The van der Waals surface area contributed by atoms with Crippen molar-refractivity contribution in [2.75, 3.05) is 23.3 Å². The van der Waals surface area contributed by atoms with Gasteiger partial charge < -0.3 is 10.2 Å². The SMILES string of the molecule is Cc1cccc(NC(=O)C2CCCN(c3ccnc4ccsc34)C2)n1. The van der Waals surface area contributed by atoms with Gasteiger partial charge in [0.25, 0.3) is 0 Å². The van der Waals surface area contributed by atoms with Crippen LogP contribution in [0.3, 0.4) is 0 Å². The standard InChI is InChI=1S/C19H20N4OS/c1-13-4-2-6-17(21-13)22-19(24)14-5-3-10-23(12-14)16-7-9-20-15-8-11-25-18(15)16/h2,4,6-9,11,14H,3,5,10,12H2,1H3,(H,21,22,24). The molecule has 4 heterocycles. The number of hydrogen-bond acceptors (Lipinski definition) is 5. The van der Waals surface area contributed by atoms with E-state index in [0.717, 1.165) is 37.1 Å². The van der Waals surface area contributed by atoms with Gasteiger partial charge in [-0.25, -0.2) is 4.98 Å². The molecule has 1 saturated heterocycles. The fourth-order valence-corrected chi connectivity index (χ4v) is 4.25. The minimum atomic E-state index is -0.0285. The average molecular weight is 352 g/mol. The van der Waals surface area contributed by atoms with Crippen LogP contribution in [-0.4, -0.2) is 29.0 Å². The van der Waals surface area contributed by atoms with Gasteiger partial charge in [-0.05, 0) is 49.4 Å². The Morgan fingerprint density at radius 3 is 3.12 bits per heavy atom. The molecular formula is C19H20N4OS. The van der Waals surface area contributed by atoms with E-state index in [-0.39, 0.29) is 11.8 Å². The van der Waals surface area contributed by atoms with Gasteiger partial charge in [-0.3, -0.25) is 9.78 Å². The Morgan fingerprint density at radius 2 is 2.24 bits per heavy atom. The summed E-state index contributed by atoms with van der Waals surface area (Å²) in [5.74, 6) is 0.658. The summed E-state index contributed by atoms with van der Waals surface area (Å²) < 4.78 is 1.20. The molecule has 1 amide bonds. The van der Waals surface area contributed by atoms with E-state index in [9.17, 15) is 4.79 Å². The van der Waals surface area contributed by atoms with Crippen molar-refractivity contribution in [1.29, 1.82) is 0 Å². The van der Waals surface area contributed by atoms with Gasteiger partial charge in [0.1, 0.15) is 5.82 Å². The molecule has 1 aliphatic rings. The van der Waals surface area contributed by atoms with E-state index in [1.165, 1.54) is 10.4 Å². The Labute approximate surface area is 150 Å². The zero-order valence-corrected chi connectivity index (χ0v) is 14.9. The second-order valence-electron chi connectivity index (χ2n) is 6.40. The Kier molecular flexibility index (Phi) is 4.36. The number of aryl methyl sites for hydroxylation is 1. The molecule has 4 rings (SSSR count). The van der Waals surface area contributed by atoms with E-state index in [0.29, 0.717) is 5.82 Å². The molecule has 0 radical (unpaired) electrons. The molecule has 1 aliphatic heterocycles. The predicted molar refractivity (Wildman–Crippen MR) is 102 cm³/mol. The fraction of sp³-hybridized carbons (Fsp3) is 0.316. The second kappa shape index (κ2) is 6.80. The molecule has 6 heteroatoms. The smallest absolute Gasteiger partial charge is 0.230 e. The van der Waals surface area contributed by atoms with Gasteiger partial charge in [-0.2, -0.15) is 0 Å². The second-order valence-corrected chi connectivity index (χ2v) is 7.32. The summed E-state index contributed by atoms with van der Waals surface area (Å²) in [5, 5.41) is 5.04. The van der Waals surface area contributed by atoms with E-state index < -0.39 is 0 Å². The largest absolute Gasteiger partial charge is 0.369 e. The summed E-state index contributed by atoms with van der Waals surface area (Å²) in [7, 11) is 0. The summed E-state index contributed by atoms with van der Waals surface area (Å²) in [5.41, 5.74) is 3.11. The molecule has 3 aromatic rings. The highest BCUT2D eigenvalue weighted by Crippen LogP contribution is 2.32. The Hall–Kier alpha value is -2.47. The van der Waals surface area contributed by atoms with Crippen LogP contribution in [0.2, 0.25) is 0 Å². The van der Waals surface area contributed by atoms with Crippen molar-refractivity contribution < 1.29 is 4.79 Å². The minimum Gasteiger partial charge on any atom is -0.369 e. The van der Waals surface area contributed by atoms with Crippen molar-refractivity contribution in [2.24, 2.45) is 5.92 Å². The molecule has 0 saturated carbocycles. The molecular weight excluding hydrogens is 332 g/mol. The van der Waals surface area contributed by atoms with E-state index in [1.807, 2.05) is 37.4 Å². The van der Waals surface area contributed by atoms with Crippen LogP contribution in [0.15, 0.2) is 41.9 Å². The third-order valence-electron chi connectivity index (χ3n) is 4.60. The van der Waals surface area contributed by atoms with Crippen molar-refractivity contribution >= 4 is 39.0 Å². The van der Waals surface area contributed by atoms with Crippen LogP contribution in [0.1, 0.15) is 18.5 Å². The highest BCUT2D eigenvalue weighted by Gasteiger charge is 2.27. The number of anilines is 2. The van der Waals surface area contributed by atoms with Crippen LogP contribution in [-0.2, 0) is 4.79 Å². The van der Waals surface area contributed by atoms with Crippen LogP contribution >= 0.6 is 11.3 Å². The average Bonchev–Trinajstić information content (AvgIpc) is 3.10. The Balaban J connectivity index is 1.51. The Bertz CT molecular complexity index is 907. The van der Waals surface area contributed by atoms with Gasteiger partial charge in [-0.1, -0.05) is 6.07 Å². The highest BCUT2D eigenvalue weighted by atomic mass is 32.1. The number of hydrogen-bond donors (Lipinski definition) is 1. The van der Waals surface area contributed by atoms with Crippen molar-refractivity contribution in [3.63, 3.8) is 0 Å². The van der Waals surface area contributed by atoms with Gasteiger partial charge >= 0.3 is 0 Å². The molecule has 0 aromatic carbocycles. The van der Waals surface area contributed by atoms with E-state index >= 15 is 0 Å². The number of nitrogens with zero attached hydrogens (tertiary/aromatic N) is 3. The first-order valence-electron chi connectivity index (χ1n) is 8.52. The van der Waals surface area contributed by atoms with Crippen molar-refractivity contribution in [3.05, 3.63) is 47.6 Å². The lowest BCUT2D eigenvalue weighted by Crippen LogP contribution is -2.40. The number of fused-ring (bicyclic) bond motifs is 1. The molecule has 3 aromatic heterocycles. The molecule has 25 heavy (non-hydrogen) atoms. The van der Waals surface area contributed by atoms with Crippen LogP contribution in [0.4, 0.5) is 11.5 Å². The number of piperidine rings is 1. The summed E-state index contributed by atoms with van der Waals surface area (Å²) in [6.45, 7) is 3.63. The molecule has 1 fully saturated rings. The third kappa shape index (κ3) is 3.35. The number of pyridine rings is 2. The van der Waals surface area contributed by atoms with E-state index in [4.69, 9.17) is 0 Å². The van der Waals surface area contributed by atoms with Crippen LogP contribution < -0.4 is 10.2 Å². The van der Waals surface area contributed by atoms with Crippen molar-refractivity contribution in [3.8, 4) is 0 Å². The Morgan fingerprint density at radius 1 is 1.32 bits per heavy atom. The number of nitrogens with one attached hydrogen (secondary N) is 1. The lowest BCUT2D eigenvalue weighted by atomic mass is 9.96. The van der Waals surface area contributed by atoms with E-state index in [2.05, 4.69) is 31.6 Å². The van der Waals surface area contributed by atoms with Gasteiger partial charge in [-0.15, -0.1) is 11.3 Å². The zero-order chi connectivity index (χ0) is 17.2. The first-order valence-corrected chi connectivity index (χ1v) is 9.40. The highest BCUT2D eigenvalue weighted by molar-refractivity contribution is 7.17. The van der Waals surface area contributed by atoms with Crippen LogP contribution in [0, 0.1) is 12.8 Å². The normalized spacial score (nSPS) is 17.6. The lowest BCUT2D eigenvalue weighted by Gasteiger charge is -2.33. The lowest BCUT2D eigenvalue weighted by molar-refractivity contribution is -0.120. The number of amides is 1. The molecule has 0 aliphatic carbocycles. The van der Waals surface area contributed by atoms with Crippen LogP contribution in [0.5, 0.6) is 0 Å². The maximum absolute atomic E-state index is 12.7. The number of carbonyl (C=O) groups excluding carboxylic acids is 1. The number of carbonyl (C=O) groups is 1. The van der Waals surface area contributed by atoms with Gasteiger partial charge in [0.05, 0.1) is 21.8 Å². The molecule has 1 N–H and O–H groups in total.